The van der Waals surface area contributed by atoms with Crippen molar-refractivity contribution in [2.24, 2.45) is 0 Å². The lowest BCUT2D eigenvalue weighted by molar-refractivity contribution is 0.170. The van der Waals surface area contributed by atoms with E-state index in [1.165, 1.54) is 4.88 Å². The number of aromatic nitrogens is 1. The summed E-state index contributed by atoms with van der Waals surface area (Å²) in [7, 11) is 0. The van der Waals surface area contributed by atoms with Crippen LogP contribution in [0.5, 0.6) is 0 Å². The number of aliphatic hydroxyl groups excluding tert-OH is 1. The summed E-state index contributed by atoms with van der Waals surface area (Å²) in [6.45, 7) is 5.81. The molecule has 2 atom stereocenters. The number of aryl methyl sites for hydroxylation is 1. The number of aliphatic hydroxyl groups is 1. The zero-order valence-corrected chi connectivity index (χ0v) is 7.85. The molecule has 2 unspecified atom stereocenters. The molecule has 0 bridgehead atoms. The number of thiazole rings is 1. The second-order valence-electron chi connectivity index (χ2n) is 2.83. The van der Waals surface area contributed by atoms with Gasteiger partial charge in [-0.3, -0.25) is 0 Å². The SMILES string of the molecule is Cc1ncsc1C(C)C(C)O. The van der Waals surface area contributed by atoms with Crippen molar-refractivity contribution >= 4 is 11.3 Å². The molecule has 0 aliphatic heterocycles. The Labute approximate surface area is 70.9 Å². The summed E-state index contributed by atoms with van der Waals surface area (Å²) in [5.41, 5.74) is 2.87. The fourth-order valence-corrected chi connectivity index (χ4v) is 1.93. The number of rotatable bonds is 2. The molecular weight excluding hydrogens is 158 g/mol. The number of hydrogen-bond donors (Lipinski definition) is 1. The first kappa shape index (κ1) is 8.68. The lowest BCUT2D eigenvalue weighted by Gasteiger charge is -2.12. The number of hydrogen-bond acceptors (Lipinski definition) is 3. The van der Waals surface area contributed by atoms with Crippen molar-refractivity contribution in [1.82, 2.24) is 4.98 Å². The van der Waals surface area contributed by atoms with Gasteiger partial charge >= 0.3 is 0 Å². The molecule has 0 aliphatic rings. The third-order valence-corrected chi connectivity index (χ3v) is 3.05. The highest BCUT2D eigenvalue weighted by Crippen LogP contribution is 2.25. The van der Waals surface area contributed by atoms with Crippen molar-refractivity contribution in [2.45, 2.75) is 32.8 Å². The lowest BCUT2D eigenvalue weighted by atomic mass is 10.0. The van der Waals surface area contributed by atoms with Crippen LogP contribution in [0.2, 0.25) is 0 Å². The maximum Gasteiger partial charge on any atom is 0.0797 e. The van der Waals surface area contributed by atoms with E-state index in [0.29, 0.717) is 0 Å². The smallest absolute Gasteiger partial charge is 0.0797 e. The summed E-state index contributed by atoms with van der Waals surface area (Å²) in [4.78, 5) is 5.32. The van der Waals surface area contributed by atoms with Crippen molar-refractivity contribution in [3.8, 4) is 0 Å². The predicted molar refractivity (Wildman–Crippen MR) is 46.9 cm³/mol. The van der Waals surface area contributed by atoms with Crippen LogP contribution in [-0.2, 0) is 0 Å². The fourth-order valence-electron chi connectivity index (χ4n) is 0.967. The Morgan fingerprint density at radius 3 is 2.55 bits per heavy atom. The Bertz CT molecular complexity index is 232. The van der Waals surface area contributed by atoms with Crippen LogP contribution < -0.4 is 0 Å². The van der Waals surface area contributed by atoms with Gasteiger partial charge in [0.15, 0.2) is 0 Å². The zero-order valence-electron chi connectivity index (χ0n) is 7.03. The van der Waals surface area contributed by atoms with E-state index >= 15 is 0 Å². The first-order chi connectivity index (χ1) is 5.13. The quantitative estimate of drug-likeness (QED) is 0.737. The Hall–Kier alpha value is -0.410. The van der Waals surface area contributed by atoms with Gasteiger partial charge < -0.3 is 5.11 Å². The number of nitrogens with zero attached hydrogens (tertiary/aromatic N) is 1. The van der Waals surface area contributed by atoms with Crippen LogP contribution in [0.4, 0.5) is 0 Å². The highest BCUT2D eigenvalue weighted by molar-refractivity contribution is 7.09. The summed E-state index contributed by atoms with van der Waals surface area (Å²) in [5, 5.41) is 9.30. The molecule has 1 aromatic rings. The highest BCUT2D eigenvalue weighted by atomic mass is 32.1. The van der Waals surface area contributed by atoms with Crippen molar-refractivity contribution in [2.75, 3.05) is 0 Å². The first-order valence-corrected chi connectivity index (χ1v) is 4.59. The molecular formula is C8H13NOS. The van der Waals surface area contributed by atoms with Gasteiger partial charge in [0.2, 0.25) is 0 Å². The monoisotopic (exact) mass is 171 g/mol. The third kappa shape index (κ3) is 1.79. The molecule has 0 aliphatic carbocycles. The molecule has 1 N–H and O–H groups in total. The van der Waals surface area contributed by atoms with Crippen LogP contribution in [0.1, 0.15) is 30.3 Å². The van der Waals surface area contributed by atoms with Crippen LogP contribution >= 0.6 is 11.3 Å². The second kappa shape index (κ2) is 3.32. The highest BCUT2D eigenvalue weighted by Gasteiger charge is 2.15. The molecule has 0 amide bonds. The molecule has 0 radical (unpaired) electrons. The maximum absolute atomic E-state index is 9.30. The van der Waals surface area contributed by atoms with Gasteiger partial charge in [-0.2, -0.15) is 0 Å². The largest absolute Gasteiger partial charge is 0.393 e. The van der Waals surface area contributed by atoms with E-state index in [4.69, 9.17) is 0 Å². The molecule has 1 aromatic heterocycles. The third-order valence-electron chi connectivity index (χ3n) is 1.92. The lowest BCUT2D eigenvalue weighted by Crippen LogP contribution is -2.10. The molecule has 0 saturated carbocycles. The van der Waals surface area contributed by atoms with Crippen LogP contribution in [0, 0.1) is 6.92 Å². The van der Waals surface area contributed by atoms with Crippen LogP contribution in [0.15, 0.2) is 5.51 Å². The Morgan fingerprint density at radius 2 is 2.18 bits per heavy atom. The summed E-state index contributed by atoms with van der Waals surface area (Å²) < 4.78 is 0. The molecule has 62 valence electrons. The van der Waals surface area contributed by atoms with Crippen molar-refractivity contribution < 1.29 is 5.11 Å². The molecule has 1 rings (SSSR count). The van der Waals surface area contributed by atoms with Crippen molar-refractivity contribution in [1.29, 1.82) is 0 Å². The van der Waals surface area contributed by atoms with Crippen LogP contribution in [-0.4, -0.2) is 16.2 Å². The molecule has 0 aromatic carbocycles. The molecule has 0 fully saturated rings. The molecule has 0 saturated heterocycles. The van der Waals surface area contributed by atoms with E-state index in [2.05, 4.69) is 4.98 Å². The van der Waals surface area contributed by atoms with E-state index in [-0.39, 0.29) is 12.0 Å². The molecule has 0 spiro atoms. The summed E-state index contributed by atoms with van der Waals surface area (Å²) >= 11 is 1.61. The van der Waals surface area contributed by atoms with Crippen molar-refractivity contribution in [3.05, 3.63) is 16.1 Å². The minimum absolute atomic E-state index is 0.211. The van der Waals surface area contributed by atoms with Crippen LogP contribution in [0.25, 0.3) is 0 Å². The minimum Gasteiger partial charge on any atom is -0.393 e. The van der Waals surface area contributed by atoms with Gasteiger partial charge in [0.25, 0.3) is 0 Å². The van der Waals surface area contributed by atoms with E-state index in [0.717, 1.165) is 5.69 Å². The zero-order chi connectivity index (χ0) is 8.43. The van der Waals surface area contributed by atoms with E-state index < -0.39 is 0 Å². The molecule has 3 heteroatoms. The average molecular weight is 171 g/mol. The van der Waals surface area contributed by atoms with Gasteiger partial charge in [-0.25, -0.2) is 4.98 Å². The molecule has 11 heavy (non-hydrogen) atoms. The topological polar surface area (TPSA) is 33.1 Å². The van der Waals surface area contributed by atoms with Gasteiger partial charge in [-0.05, 0) is 13.8 Å². The first-order valence-electron chi connectivity index (χ1n) is 3.71. The predicted octanol–water partition coefficient (Wildman–Crippen LogP) is 1.94. The van der Waals surface area contributed by atoms with E-state index in [1.54, 1.807) is 11.3 Å². The van der Waals surface area contributed by atoms with Gasteiger partial charge in [0.05, 0.1) is 17.3 Å². The minimum atomic E-state index is -0.283. The van der Waals surface area contributed by atoms with Gasteiger partial charge in [-0.15, -0.1) is 11.3 Å². The molecule has 1 heterocycles. The van der Waals surface area contributed by atoms with E-state index in [1.807, 2.05) is 26.3 Å². The summed E-state index contributed by atoms with van der Waals surface area (Å²) in [5.74, 6) is 0.211. The van der Waals surface area contributed by atoms with Gasteiger partial charge in [-0.1, -0.05) is 6.92 Å². The van der Waals surface area contributed by atoms with Gasteiger partial charge in [0, 0.05) is 10.8 Å². The fraction of sp³-hybridized carbons (Fsp3) is 0.625. The van der Waals surface area contributed by atoms with Crippen molar-refractivity contribution in [3.63, 3.8) is 0 Å². The maximum atomic E-state index is 9.30. The Morgan fingerprint density at radius 1 is 1.55 bits per heavy atom. The average Bonchev–Trinajstić information content (AvgIpc) is 2.33. The Balaban J connectivity index is 2.84. The molecule has 2 nitrogen and oxygen atoms in total. The Kier molecular flexibility index (Phi) is 2.62. The standard InChI is InChI=1S/C8H13NOS/c1-5(7(3)10)8-6(2)9-4-11-8/h4-5,7,10H,1-3H3. The van der Waals surface area contributed by atoms with E-state index in [9.17, 15) is 5.11 Å². The van der Waals surface area contributed by atoms with Gasteiger partial charge in [0.1, 0.15) is 0 Å². The second-order valence-corrected chi connectivity index (χ2v) is 3.72. The summed E-state index contributed by atoms with van der Waals surface area (Å²) in [6, 6.07) is 0. The summed E-state index contributed by atoms with van der Waals surface area (Å²) in [6.07, 6.45) is -0.283. The normalized spacial score (nSPS) is 16.4. The van der Waals surface area contributed by atoms with Crippen LogP contribution in [0.3, 0.4) is 0 Å².